The summed E-state index contributed by atoms with van der Waals surface area (Å²) >= 11 is 0. The standard InChI is InChI=1S/C6H15N3O4S/c1-8-4-5-9(14(8,12)13)3-2-7-6(10)11/h7,12-13H,2-5H2,1H3,(H,10,11). The van der Waals surface area contributed by atoms with Gasteiger partial charge < -0.3 is 10.4 Å². The lowest BCUT2D eigenvalue weighted by molar-refractivity contribution is 0.193. The molecule has 0 aromatic rings. The van der Waals surface area contributed by atoms with Gasteiger partial charge >= 0.3 is 6.09 Å². The Hall–Kier alpha value is -0.540. The summed E-state index contributed by atoms with van der Waals surface area (Å²) in [5, 5.41) is 10.5. The molecule has 84 valence electrons. The van der Waals surface area contributed by atoms with Gasteiger partial charge in [0, 0.05) is 33.2 Å². The molecule has 0 spiro atoms. The molecule has 0 aromatic heterocycles. The molecule has 1 aliphatic heterocycles. The van der Waals surface area contributed by atoms with Gasteiger partial charge in [-0.05, 0) is 0 Å². The number of hydrogen-bond donors (Lipinski definition) is 4. The van der Waals surface area contributed by atoms with E-state index in [2.05, 4.69) is 5.32 Å². The topological polar surface area (TPSA) is 96.3 Å². The minimum atomic E-state index is -2.83. The molecule has 0 unspecified atom stereocenters. The zero-order valence-electron chi connectivity index (χ0n) is 7.88. The molecule has 1 amide bonds. The van der Waals surface area contributed by atoms with Gasteiger partial charge in [0.1, 0.15) is 0 Å². The average molecular weight is 225 g/mol. The van der Waals surface area contributed by atoms with Crippen LogP contribution in [-0.4, -0.2) is 62.1 Å². The van der Waals surface area contributed by atoms with Crippen molar-refractivity contribution in [1.82, 2.24) is 13.9 Å². The monoisotopic (exact) mass is 225 g/mol. The van der Waals surface area contributed by atoms with Gasteiger partial charge in [0.15, 0.2) is 0 Å². The molecule has 1 aliphatic rings. The number of amides is 1. The van der Waals surface area contributed by atoms with Crippen molar-refractivity contribution in [2.45, 2.75) is 0 Å². The second kappa shape index (κ2) is 4.32. The molecular weight excluding hydrogens is 210 g/mol. The first-order chi connectivity index (χ1) is 6.44. The van der Waals surface area contributed by atoms with Crippen LogP contribution in [0.1, 0.15) is 0 Å². The second-order valence-corrected chi connectivity index (χ2v) is 5.12. The van der Waals surface area contributed by atoms with Gasteiger partial charge in [-0.2, -0.15) is 8.61 Å². The molecule has 8 heteroatoms. The highest BCUT2D eigenvalue weighted by molar-refractivity contribution is 8.20. The Balaban J connectivity index is 2.35. The lowest BCUT2D eigenvalue weighted by atomic mass is 10.5. The zero-order chi connectivity index (χ0) is 10.8. The van der Waals surface area contributed by atoms with Crippen molar-refractivity contribution < 1.29 is 19.0 Å². The summed E-state index contributed by atoms with van der Waals surface area (Å²) in [4.78, 5) is 10.1. The van der Waals surface area contributed by atoms with Crippen molar-refractivity contribution in [3.05, 3.63) is 0 Å². The molecule has 7 nitrogen and oxygen atoms in total. The van der Waals surface area contributed by atoms with Crippen molar-refractivity contribution in [2.24, 2.45) is 0 Å². The third-order valence-electron chi connectivity index (χ3n) is 2.07. The SMILES string of the molecule is CN1CCN(CCNC(=O)O)S1(O)O. The van der Waals surface area contributed by atoms with Crippen LogP contribution in [0.15, 0.2) is 0 Å². The maximum absolute atomic E-state index is 10.1. The highest BCUT2D eigenvalue weighted by Gasteiger charge is 2.33. The molecule has 1 rings (SSSR count). The highest BCUT2D eigenvalue weighted by atomic mass is 32.3. The molecule has 4 N–H and O–H groups in total. The molecule has 1 fully saturated rings. The summed E-state index contributed by atoms with van der Waals surface area (Å²) in [7, 11) is -1.21. The Labute approximate surface area is 83.9 Å². The molecule has 0 atom stereocenters. The van der Waals surface area contributed by atoms with E-state index in [9.17, 15) is 13.9 Å². The van der Waals surface area contributed by atoms with Crippen molar-refractivity contribution in [3.63, 3.8) is 0 Å². The Kier molecular flexibility index (Phi) is 3.56. The van der Waals surface area contributed by atoms with Crippen LogP contribution in [0.3, 0.4) is 0 Å². The normalized spacial score (nSPS) is 24.8. The van der Waals surface area contributed by atoms with Gasteiger partial charge in [0.2, 0.25) is 0 Å². The first-order valence-corrected chi connectivity index (χ1v) is 5.62. The Bertz CT molecular complexity index is 225. The Morgan fingerprint density at radius 1 is 1.50 bits per heavy atom. The van der Waals surface area contributed by atoms with Crippen LogP contribution in [0.4, 0.5) is 4.79 Å². The van der Waals surface area contributed by atoms with Crippen LogP contribution >= 0.6 is 11.0 Å². The smallest absolute Gasteiger partial charge is 0.404 e. The van der Waals surface area contributed by atoms with E-state index in [-0.39, 0.29) is 6.54 Å². The molecule has 0 radical (unpaired) electrons. The van der Waals surface area contributed by atoms with E-state index in [4.69, 9.17) is 5.11 Å². The minimum Gasteiger partial charge on any atom is -0.465 e. The van der Waals surface area contributed by atoms with E-state index >= 15 is 0 Å². The second-order valence-electron chi connectivity index (χ2n) is 3.00. The molecule has 0 aromatic carbocycles. The van der Waals surface area contributed by atoms with Gasteiger partial charge in [0.05, 0.1) is 0 Å². The van der Waals surface area contributed by atoms with Crippen molar-refractivity contribution in [1.29, 1.82) is 0 Å². The van der Waals surface area contributed by atoms with E-state index in [1.165, 1.54) is 8.61 Å². The van der Waals surface area contributed by atoms with E-state index in [1.54, 1.807) is 7.05 Å². The fraction of sp³-hybridized carbons (Fsp3) is 0.833. The molecule has 0 bridgehead atoms. The van der Waals surface area contributed by atoms with Gasteiger partial charge in [-0.25, -0.2) is 4.79 Å². The molecule has 14 heavy (non-hydrogen) atoms. The average Bonchev–Trinajstić information content (AvgIpc) is 2.30. The number of nitrogens with one attached hydrogen (secondary N) is 1. The van der Waals surface area contributed by atoms with Gasteiger partial charge in [0.25, 0.3) is 0 Å². The van der Waals surface area contributed by atoms with E-state index in [0.29, 0.717) is 19.6 Å². The van der Waals surface area contributed by atoms with Crippen molar-refractivity contribution >= 4 is 17.1 Å². The van der Waals surface area contributed by atoms with Crippen LogP contribution in [-0.2, 0) is 0 Å². The predicted molar refractivity (Wildman–Crippen MR) is 53.1 cm³/mol. The summed E-state index contributed by atoms with van der Waals surface area (Å²) < 4.78 is 22.1. The highest BCUT2D eigenvalue weighted by Crippen LogP contribution is 2.49. The maximum atomic E-state index is 10.1. The lowest BCUT2D eigenvalue weighted by Crippen LogP contribution is -2.34. The fourth-order valence-corrected chi connectivity index (χ4v) is 2.60. The van der Waals surface area contributed by atoms with Crippen LogP contribution in [0.25, 0.3) is 0 Å². The predicted octanol–water partition coefficient (Wildman–Crippen LogP) is 0.0820. The van der Waals surface area contributed by atoms with E-state index in [0.717, 1.165) is 0 Å². The Morgan fingerprint density at radius 2 is 2.14 bits per heavy atom. The first-order valence-electron chi connectivity index (χ1n) is 4.16. The summed E-state index contributed by atoms with van der Waals surface area (Å²) in [6.07, 6.45) is -1.10. The van der Waals surface area contributed by atoms with Gasteiger partial charge in [-0.15, -0.1) is 0 Å². The number of rotatable bonds is 3. The van der Waals surface area contributed by atoms with Crippen LogP contribution < -0.4 is 5.32 Å². The summed E-state index contributed by atoms with van der Waals surface area (Å²) in [5.74, 6) is 0. The van der Waals surface area contributed by atoms with Gasteiger partial charge in [-0.1, -0.05) is 11.0 Å². The maximum Gasteiger partial charge on any atom is 0.404 e. The van der Waals surface area contributed by atoms with Crippen molar-refractivity contribution in [2.75, 3.05) is 33.2 Å². The van der Waals surface area contributed by atoms with Gasteiger partial charge in [-0.3, -0.25) is 9.11 Å². The van der Waals surface area contributed by atoms with Crippen LogP contribution in [0.5, 0.6) is 0 Å². The van der Waals surface area contributed by atoms with E-state index < -0.39 is 17.1 Å². The molecule has 1 heterocycles. The molecular formula is C6H15N3O4S. The van der Waals surface area contributed by atoms with Crippen LogP contribution in [0.2, 0.25) is 0 Å². The first kappa shape index (κ1) is 11.5. The fourth-order valence-electron chi connectivity index (χ4n) is 1.22. The third kappa shape index (κ3) is 2.49. The number of likely N-dealkylation sites (N-methyl/N-ethyl adjacent to an activating group) is 1. The summed E-state index contributed by atoms with van der Waals surface area (Å²) in [6.45, 7) is 1.62. The number of hydrogen-bond acceptors (Lipinski definition) is 5. The number of nitrogens with zero attached hydrogens (tertiary/aromatic N) is 2. The Morgan fingerprint density at radius 3 is 2.57 bits per heavy atom. The molecule has 0 saturated carbocycles. The summed E-state index contributed by atoms with van der Waals surface area (Å²) in [5.41, 5.74) is 0. The minimum absolute atomic E-state index is 0.193. The van der Waals surface area contributed by atoms with Crippen LogP contribution in [0, 0.1) is 0 Å². The largest absolute Gasteiger partial charge is 0.465 e. The molecule has 0 aliphatic carbocycles. The third-order valence-corrected chi connectivity index (χ3v) is 4.14. The quantitative estimate of drug-likeness (QED) is 0.543. The number of carboxylic acid groups (broad SMARTS) is 1. The van der Waals surface area contributed by atoms with Crippen molar-refractivity contribution in [3.8, 4) is 0 Å². The van der Waals surface area contributed by atoms with E-state index in [1.807, 2.05) is 0 Å². The summed E-state index contributed by atoms with van der Waals surface area (Å²) in [6, 6.07) is 0. The zero-order valence-corrected chi connectivity index (χ0v) is 8.70. The molecule has 1 saturated heterocycles. The number of carbonyl (C=O) groups is 1. The lowest BCUT2D eigenvalue weighted by Gasteiger charge is -2.40.